The van der Waals surface area contributed by atoms with Crippen LogP contribution in [0.2, 0.25) is 0 Å². The number of carbonyl (C=O) groups excluding carboxylic acids is 1. The van der Waals surface area contributed by atoms with Crippen molar-refractivity contribution < 1.29 is 9.90 Å². The zero-order chi connectivity index (χ0) is 8.97. The molecule has 1 heterocycles. The Morgan fingerprint density at radius 3 is 3.00 bits per heavy atom. The van der Waals surface area contributed by atoms with Gasteiger partial charge in [-0.2, -0.15) is 0 Å². The molecule has 68 valence electrons. The van der Waals surface area contributed by atoms with Crippen LogP contribution in [-0.2, 0) is 4.79 Å². The number of aliphatic hydroxyl groups excluding tert-OH is 1. The number of amides is 1. The highest BCUT2D eigenvalue weighted by Gasteiger charge is 2.27. The smallest absolute Gasteiger partial charge is 0.210 e. The SMILES string of the molecule is C[C@H]1CCN(C=O)C1/C=C/CO. The Kier molecular flexibility index (Phi) is 3.29. The lowest BCUT2D eigenvalue weighted by molar-refractivity contribution is -0.118. The molecule has 0 aliphatic carbocycles. The molecule has 2 atom stereocenters. The second kappa shape index (κ2) is 4.26. The van der Waals surface area contributed by atoms with Gasteiger partial charge in [-0.05, 0) is 12.3 Å². The largest absolute Gasteiger partial charge is 0.392 e. The average molecular weight is 169 g/mol. The molecule has 0 bridgehead atoms. The van der Waals surface area contributed by atoms with E-state index in [1.54, 1.807) is 11.0 Å². The minimum Gasteiger partial charge on any atom is -0.392 e. The number of carbonyl (C=O) groups is 1. The van der Waals surface area contributed by atoms with E-state index in [0.717, 1.165) is 19.4 Å². The van der Waals surface area contributed by atoms with Crippen LogP contribution in [0, 0.1) is 5.92 Å². The Balaban J connectivity index is 2.57. The van der Waals surface area contributed by atoms with Crippen molar-refractivity contribution in [2.24, 2.45) is 5.92 Å². The number of hydrogen-bond donors (Lipinski definition) is 1. The number of hydrogen-bond acceptors (Lipinski definition) is 2. The Bertz CT molecular complexity index is 179. The maximum Gasteiger partial charge on any atom is 0.210 e. The lowest BCUT2D eigenvalue weighted by Crippen LogP contribution is -2.28. The predicted octanol–water partition coefficient (Wildman–Crippen LogP) is 0.402. The molecular weight excluding hydrogens is 154 g/mol. The topological polar surface area (TPSA) is 40.5 Å². The van der Waals surface area contributed by atoms with E-state index in [0.29, 0.717) is 5.92 Å². The van der Waals surface area contributed by atoms with E-state index >= 15 is 0 Å². The molecule has 0 aromatic heterocycles. The Hall–Kier alpha value is -0.830. The molecule has 0 saturated carbocycles. The van der Waals surface area contributed by atoms with Crippen LogP contribution >= 0.6 is 0 Å². The molecule has 1 N–H and O–H groups in total. The summed E-state index contributed by atoms with van der Waals surface area (Å²) in [6, 6.07) is 0.189. The zero-order valence-electron chi connectivity index (χ0n) is 7.31. The van der Waals surface area contributed by atoms with Gasteiger partial charge in [-0.25, -0.2) is 0 Å². The van der Waals surface area contributed by atoms with Crippen LogP contribution in [0.25, 0.3) is 0 Å². The molecule has 12 heavy (non-hydrogen) atoms. The van der Waals surface area contributed by atoms with E-state index in [1.165, 1.54) is 0 Å². The van der Waals surface area contributed by atoms with Crippen LogP contribution in [-0.4, -0.2) is 35.6 Å². The van der Waals surface area contributed by atoms with Gasteiger partial charge >= 0.3 is 0 Å². The predicted molar refractivity (Wildman–Crippen MR) is 46.6 cm³/mol. The third-order valence-electron chi connectivity index (χ3n) is 2.38. The summed E-state index contributed by atoms with van der Waals surface area (Å²) >= 11 is 0. The van der Waals surface area contributed by atoms with E-state index in [2.05, 4.69) is 6.92 Å². The summed E-state index contributed by atoms with van der Waals surface area (Å²) in [4.78, 5) is 12.3. The summed E-state index contributed by atoms with van der Waals surface area (Å²) in [6.45, 7) is 3.01. The molecule has 1 amide bonds. The van der Waals surface area contributed by atoms with Crippen molar-refractivity contribution in [3.05, 3.63) is 12.2 Å². The fourth-order valence-electron chi connectivity index (χ4n) is 1.62. The summed E-state index contributed by atoms with van der Waals surface area (Å²) < 4.78 is 0. The van der Waals surface area contributed by atoms with Gasteiger partial charge in [-0.15, -0.1) is 0 Å². The quantitative estimate of drug-likeness (QED) is 0.491. The molecule has 1 unspecified atom stereocenters. The van der Waals surface area contributed by atoms with Crippen LogP contribution in [0.15, 0.2) is 12.2 Å². The van der Waals surface area contributed by atoms with Gasteiger partial charge in [0.1, 0.15) is 0 Å². The molecule has 0 radical (unpaired) electrons. The van der Waals surface area contributed by atoms with E-state index < -0.39 is 0 Å². The first-order chi connectivity index (χ1) is 5.79. The highest BCUT2D eigenvalue weighted by atomic mass is 16.2. The third-order valence-corrected chi connectivity index (χ3v) is 2.38. The molecule has 0 aromatic carbocycles. The summed E-state index contributed by atoms with van der Waals surface area (Å²) in [5.74, 6) is 0.512. The number of likely N-dealkylation sites (tertiary alicyclic amines) is 1. The first-order valence-electron chi connectivity index (χ1n) is 4.28. The van der Waals surface area contributed by atoms with Gasteiger partial charge in [0.05, 0.1) is 12.6 Å². The monoisotopic (exact) mass is 169 g/mol. The van der Waals surface area contributed by atoms with E-state index in [-0.39, 0.29) is 12.6 Å². The van der Waals surface area contributed by atoms with E-state index in [1.807, 2.05) is 6.08 Å². The maximum atomic E-state index is 10.6. The molecule has 1 aliphatic rings. The minimum absolute atomic E-state index is 0.0515. The summed E-state index contributed by atoms with van der Waals surface area (Å²) in [5.41, 5.74) is 0. The van der Waals surface area contributed by atoms with Crippen LogP contribution in [0.3, 0.4) is 0 Å². The Morgan fingerprint density at radius 2 is 2.42 bits per heavy atom. The van der Waals surface area contributed by atoms with Gasteiger partial charge in [0, 0.05) is 6.54 Å². The normalized spacial score (nSPS) is 30.0. The standard InChI is InChI=1S/C9H15NO2/c1-8-4-5-10(7-12)9(8)3-2-6-11/h2-3,7-9,11H,4-6H2,1H3/b3-2+/t8-,9?/m0/s1. The number of rotatable bonds is 3. The Labute approximate surface area is 72.7 Å². The lowest BCUT2D eigenvalue weighted by atomic mass is 10.0. The highest BCUT2D eigenvalue weighted by Crippen LogP contribution is 2.22. The summed E-state index contributed by atoms with van der Waals surface area (Å²) in [6.07, 6.45) is 5.55. The van der Waals surface area contributed by atoms with Crippen LogP contribution in [0.5, 0.6) is 0 Å². The fourth-order valence-corrected chi connectivity index (χ4v) is 1.62. The molecule has 1 fully saturated rings. The van der Waals surface area contributed by atoms with Gasteiger partial charge in [0.2, 0.25) is 6.41 Å². The van der Waals surface area contributed by atoms with Gasteiger partial charge in [-0.3, -0.25) is 4.79 Å². The van der Waals surface area contributed by atoms with Crippen molar-refractivity contribution in [1.82, 2.24) is 4.90 Å². The fraction of sp³-hybridized carbons (Fsp3) is 0.667. The van der Waals surface area contributed by atoms with Crippen molar-refractivity contribution >= 4 is 6.41 Å². The van der Waals surface area contributed by atoms with E-state index in [9.17, 15) is 4.79 Å². The zero-order valence-corrected chi connectivity index (χ0v) is 7.31. The first-order valence-corrected chi connectivity index (χ1v) is 4.28. The average Bonchev–Trinajstić information content (AvgIpc) is 2.43. The molecule has 0 spiro atoms. The molecule has 1 aliphatic heterocycles. The van der Waals surface area contributed by atoms with Crippen molar-refractivity contribution in [2.45, 2.75) is 19.4 Å². The highest BCUT2D eigenvalue weighted by molar-refractivity contribution is 5.49. The molecular formula is C9H15NO2. The maximum absolute atomic E-state index is 10.6. The third kappa shape index (κ3) is 1.85. The number of nitrogens with zero attached hydrogens (tertiary/aromatic N) is 1. The van der Waals surface area contributed by atoms with Crippen molar-refractivity contribution in [3.8, 4) is 0 Å². The second-order valence-electron chi connectivity index (χ2n) is 3.21. The lowest BCUT2D eigenvalue weighted by Gasteiger charge is -2.18. The molecule has 1 rings (SSSR count). The van der Waals surface area contributed by atoms with Gasteiger partial charge in [0.15, 0.2) is 0 Å². The van der Waals surface area contributed by atoms with E-state index in [4.69, 9.17) is 5.11 Å². The first kappa shape index (κ1) is 9.26. The minimum atomic E-state index is 0.0515. The van der Waals surface area contributed by atoms with Crippen molar-refractivity contribution in [1.29, 1.82) is 0 Å². The van der Waals surface area contributed by atoms with Crippen molar-refractivity contribution in [2.75, 3.05) is 13.2 Å². The molecule has 0 aromatic rings. The van der Waals surface area contributed by atoms with Gasteiger partial charge < -0.3 is 10.0 Å². The van der Waals surface area contributed by atoms with Crippen LogP contribution in [0.1, 0.15) is 13.3 Å². The van der Waals surface area contributed by atoms with Crippen molar-refractivity contribution in [3.63, 3.8) is 0 Å². The summed E-state index contributed by atoms with van der Waals surface area (Å²) in [7, 11) is 0. The second-order valence-corrected chi connectivity index (χ2v) is 3.21. The van der Waals surface area contributed by atoms with Gasteiger partial charge in [0.25, 0.3) is 0 Å². The Morgan fingerprint density at radius 1 is 1.67 bits per heavy atom. The molecule has 3 heteroatoms. The van der Waals surface area contributed by atoms with Gasteiger partial charge in [-0.1, -0.05) is 19.1 Å². The summed E-state index contributed by atoms with van der Waals surface area (Å²) in [5, 5.41) is 8.58. The van der Waals surface area contributed by atoms with Crippen LogP contribution in [0.4, 0.5) is 0 Å². The molecule has 3 nitrogen and oxygen atoms in total. The molecule has 1 saturated heterocycles. The number of aliphatic hydroxyl groups is 1. The van der Waals surface area contributed by atoms with Crippen LogP contribution < -0.4 is 0 Å².